The highest BCUT2D eigenvalue weighted by molar-refractivity contribution is 5.85. The van der Waals surface area contributed by atoms with Crippen LogP contribution in [0.1, 0.15) is 72.6 Å². The Balaban J connectivity index is 0.00000880. The SMILES string of the molecule is C#CCOCCOCCOCCNc1nc(N2CCN(C(=O)[C@@H](Cc3ccc(O)cc3)n3cc([C@@H](N)C(C)CC)nn3)CC2)nc(N2CCN(C(=O)[C@H](Cc3cc4ccccc4[nH]3)n3cc([C@@H](N)Cc4ccc(O)cc4)nn3)CC2)n1.Cl. The average Bonchev–Trinajstić information content (AvgIpc) is 4.46. The zero-order valence-corrected chi connectivity index (χ0v) is 47.2. The molecule has 0 radical (unpaired) electrons. The van der Waals surface area contributed by atoms with Crippen molar-refractivity contribution in [3.05, 3.63) is 119 Å². The minimum atomic E-state index is -0.733. The summed E-state index contributed by atoms with van der Waals surface area (Å²) in [4.78, 5) is 55.5. The van der Waals surface area contributed by atoms with Crippen molar-refractivity contribution in [3.63, 3.8) is 0 Å². The van der Waals surface area contributed by atoms with Crippen LogP contribution in [0.5, 0.6) is 11.5 Å². The number of carbonyl (C=O) groups excluding carboxylic acids is 2. The van der Waals surface area contributed by atoms with Crippen LogP contribution in [0.2, 0.25) is 0 Å². The van der Waals surface area contributed by atoms with Crippen molar-refractivity contribution in [1.29, 1.82) is 0 Å². The van der Waals surface area contributed by atoms with Crippen LogP contribution in [0.25, 0.3) is 10.9 Å². The molecule has 6 heterocycles. The summed E-state index contributed by atoms with van der Waals surface area (Å²) in [6.45, 7) is 9.98. The smallest absolute Gasteiger partial charge is 0.248 e. The molecule has 82 heavy (non-hydrogen) atoms. The maximum Gasteiger partial charge on any atom is 0.248 e. The summed E-state index contributed by atoms with van der Waals surface area (Å²) in [5, 5.41) is 41.9. The molecule has 9 rings (SSSR count). The maximum absolute atomic E-state index is 14.8. The number of benzene rings is 3. The lowest BCUT2D eigenvalue weighted by atomic mass is 9.98. The molecule has 8 N–H and O–H groups in total. The molecule has 4 aromatic heterocycles. The number of hydrogen-bond acceptors (Lipinski definition) is 19. The standard InChI is InChI=1S/C57H73N17O7.ClH/c1-4-27-79-29-31-81-32-30-80-28-18-60-55-62-56(71-23-19-69(20-24-71)53(77)50(34-41-12-16-45(76)17-13-41)74-38-49(66-68-74)52(59)39(3)5-2)64-57(63-55)72-25-21-70(22-26-72)54(78)51(36-43-35-42-8-6-7-9-47(42)61-43)73-37-48(65-67-73)46(58)33-40-10-14-44(75)15-11-40;/h1,6-17,35,37-39,46,50-52,61,75-76H,5,18-34,36,58-59H2,2-3H3,(H,60,62,63,64);1H/t39?,46-,50+,51-,52-;/m0./s1. The van der Waals surface area contributed by atoms with Crippen molar-refractivity contribution in [2.75, 3.05) is 114 Å². The first-order valence-electron chi connectivity index (χ1n) is 27.6. The number of H-pyrrole nitrogens is 1. The zero-order valence-electron chi connectivity index (χ0n) is 46.4. The van der Waals surface area contributed by atoms with Gasteiger partial charge in [0.05, 0.1) is 68.9 Å². The second kappa shape index (κ2) is 29.2. The van der Waals surface area contributed by atoms with Gasteiger partial charge in [-0.3, -0.25) is 9.59 Å². The van der Waals surface area contributed by atoms with E-state index in [1.807, 2.05) is 51.1 Å². The first-order chi connectivity index (χ1) is 39.4. The molecule has 3 aromatic carbocycles. The molecular weight excluding hydrogens is 1070 g/mol. The van der Waals surface area contributed by atoms with Gasteiger partial charge in [0.15, 0.2) is 0 Å². The topological polar surface area (TPSA) is 295 Å². The molecule has 2 saturated heterocycles. The molecule has 2 aliphatic heterocycles. The summed E-state index contributed by atoms with van der Waals surface area (Å²) in [6, 6.07) is 21.5. The number of phenols is 2. The van der Waals surface area contributed by atoms with Crippen molar-refractivity contribution in [2.45, 2.75) is 63.7 Å². The highest BCUT2D eigenvalue weighted by atomic mass is 35.5. The van der Waals surface area contributed by atoms with E-state index in [2.05, 4.69) is 61.7 Å². The number of carbonyl (C=O) groups is 2. The molecule has 5 atom stereocenters. The Morgan fingerprint density at radius 3 is 1.79 bits per heavy atom. The van der Waals surface area contributed by atoms with Crippen LogP contribution in [-0.2, 0) is 43.1 Å². The number of amides is 2. The summed E-state index contributed by atoms with van der Waals surface area (Å²) < 4.78 is 19.9. The normalized spacial score (nSPS) is 15.6. The van der Waals surface area contributed by atoms with Crippen molar-refractivity contribution in [3.8, 4) is 23.8 Å². The molecule has 24 nitrogen and oxygen atoms in total. The molecule has 7 aromatic rings. The van der Waals surface area contributed by atoms with Gasteiger partial charge in [-0.2, -0.15) is 15.0 Å². The number of hydrogen-bond donors (Lipinski definition) is 6. The third-order valence-corrected chi connectivity index (χ3v) is 14.8. The summed E-state index contributed by atoms with van der Waals surface area (Å²) in [6.07, 6.45) is 10.8. The molecule has 2 aliphatic rings. The lowest BCUT2D eigenvalue weighted by Crippen LogP contribution is -2.52. The van der Waals surface area contributed by atoms with Crippen LogP contribution < -0.4 is 26.6 Å². The van der Waals surface area contributed by atoms with Gasteiger partial charge in [-0.05, 0) is 65.3 Å². The van der Waals surface area contributed by atoms with E-state index in [0.717, 1.165) is 34.1 Å². The second-order valence-corrected chi connectivity index (χ2v) is 20.4. The highest BCUT2D eigenvalue weighted by Gasteiger charge is 2.34. The lowest BCUT2D eigenvalue weighted by molar-refractivity contribution is -0.136. The van der Waals surface area contributed by atoms with Gasteiger partial charge in [0.1, 0.15) is 30.2 Å². The molecule has 436 valence electrons. The number of fused-ring (bicyclic) bond motifs is 1. The summed E-state index contributed by atoms with van der Waals surface area (Å²) in [5.74, 6) is 3.91. The molecule has 2 amide bonds. The number of anilines is 3. The molecular formula is C57H74ClN17O7. The molecule has 2 fully saturated rings. The number of halogens is 1. The predicted octanol–water partition coefficient (Wildman–Crippen LogP) is 4.02. The fourth-order valence-electron chi connectivity index (χ4n) is 9.84. The number of nitrogens with zero attached hydrogens (tertiary/aromatic N) is 13. The lowest BCUT2D eigenvalue weighted by Gasteiger charge is -2.38. The molecule has 0 bridgehead atoms. The Morgan fingerprint density at radius 2 is 1.22 bits per heavy atom. The van der Waals surface area contributed by atoms with Crippen molar-refractivity contribution < 1.29 is 34.0 Å². The van der Waals surface area contributed by atoms with Crippen LogP contribution in [0.15, 0.2) is 91.3 Å². The van der Waals surface area contributed by atoms with Crippen LogP contribution in [0.3, 0.4) is 0 Å². The quantitative estimate of drug-likeness (QED) is 0.0313. The van der Waals surface area contributed by atoms with Crippen molar-refractivity contribution in [2.24, 2.45) is 17.4 Å². The molecule has 0 aliphatic carbocycles. The molecule has 1 unspecified atom stereocenters. The largest absolute Gasteiger partial charge is 0.508 e. The third-order valence-electron chi connectivity index (χ3n) is 14.8. The minimum absolute atomic E-state index is 0. The monoisotopic (exact) mass is 1140 g/mol. The number of para-hydroxylation sites is 1. The van der Waals surface area contributed by atoms with E-state index >= 15 is 0 Å². The van der Waals surface area contributed by atoms with Crippen LogP contribution in [0, 0.1) is 18.3 Å². The van der Waals surface area contributed by atoms with Gasteiger partial charge in [0.2, 0.25) is 29.7 Å². The van der Waals surface area contributed by atoms with E-state index < -0.39 is 18.1 Å². The Kier molecular flexibility index (Phi) is 21.4. The first-order valence-corrected chi connectivity index (χ1v) is 27.6. The summed E-state index contributed by atoms with van der Waals surface area (Å²) in [7, 11) is 0. The van der Waals surface area contributed by atoms with Gasteiger partial charge in [0, 0.05) is 83.0 Å². The number of nitrogens with one attached hydrogen (secondary N) is 2. The van der Waals surface area contributed by atoms with Gasteiger partial charge >= 0.3 is 0 Å². The van der Waals surface area contributed by atoms with Gasteiger partial charge in [-0.15, -0.1) is 29.0 Å². The highest BCUT2D eigenvalue weighted by Crippen LogP contribution is 2.28. The van der Waals surface area contributed by atoms with Gasteiger partial charge in [-0.25, -0.2) is 9.36 Å². The number of rotatable bonds is 27. The molecule has 0 spiro atoms. The molecule has 25 heteroatoms. The van der Waals surface area contributed by atoms with E-state index in [-0.39, 0.29) is 54.3 Å². The third kappa shape index (κ3) is 15.7. The number of aromatic nitrogens is 10. The van der Waals surface area contributed by atoms with Crippen LogP contribution in [0.4, 0.5) is 17.8 Å². The molecule has 0 saturated carbocycles. The van der Waals surface area contributed by atoms with E-state index in [1.54, 1.807) is 58.2 Å². The van der Waals surface area contributed by atoms with E-state index in [1.165, 1.54) is 0 Å². The Bertz CT molecular complexity index is 3140. The number of terminal acetylenes is 1. The van der Waals surface area contributed by atoms with E-state index in [0.29, 0.717) is 140 Å². The Hall–Kier alpha value is -7.92. The Labute approximate surface area is 482 Å². The average molecular weight is 1140 g/mol. The summed E-state index contributed by atoms with van der Waals surface area (Å²) >= 11 is 0. The van der Waals surface area contributed by atoms with E-state index in [9.17, 15) is 19.8 Å². The van der Waals surface area contributed by atoms with Crippen molar-refractivity contribution in [1.82, 2.24) is 59.7 Å². The number of piperazine rings is 2. The van der Waals surface area contributed by atoms with Crippen LogP contribution in [-0.4, -0.2) is 180 Å². The van der Waals surface area contributed by atoms with Gasteiger partial charge in [-0.1, -0.05) is 79.1 Å². The minimum Gasteiger partial charge on any atom is -0.508 e. The first kappa shape index (κ1) is 60.2. The predicted molar refractivity (Wildman–Crippen MR) is 311 cm³/mol. The maximum atomic E-state index is 14.8. The van der Waals surface area contributed by atoms with E-state index in [4.69, 9.17) is 47.1 Å². The number of aromatic hydroxyl groups is 2. The fraction of sp³-hybridized carbons (Fsp3) is 0.456. The Morgan fingerprint density at radius 1 is 0.695 bits per heavy atom. The second-order valence-electron chi connectivity index (χ2n) is 20.4. The number of ether oxygens (including phenoxy) is 3. The zero-order chi connectivity index (χ0) is 56.7. The van der Waals surface area contributed by atoms with Crippen molar-refractivity contribution >= 4 is 53.0 Å². The number of nitrogens with two attached hydrogens (primary N) is 2. The fourth-order valence-corrected chi connectivity index (χ4v) is 9.84. The summed E-state index contributed by atoms with van der Waals surface area (Å²) in [5.41, 5.74) is 18.0. The number of phenolic OH excluding ortho intramolecular Hbond substituents is 2. The van der Waals surface area contributed by atoms with Crippen LogP contribution >= 0.6 is 12.4 Å². The number of aromatic amines is 1. The van der Waals surface area contributed by atoms with Gasteiger partial charge < -0.3 is 65.8 Å². The van der Waals surface area contributed by atoms with Gasteiger partial charge in [0.25, 0.3) is 0 Å².